The molecular formula is C21H16N4O3. The van der Waals surface area contributed by atoms with E-state index in [1.54, 1.807) is 48.5 Å². The number of Topliss-reactive ketones (excluding diaryl/α,β-unsaturated/α-hetero) is 1. The van der Waals surface area contributed by atoms with Crippen molar-refractivity contribution in [3.05, 3.63) is 78.5 Å². The van der Waals surface area contributed by atoms with Crippen LogP contribution in [0.2, 0.25) is 0 Å². The molecule has 0 saturated carbocycles. The number of amides is 1. The molecule has 2 aromatic carbocycles. The van der Waals surface area contributed by atoms with E-state index in [1.165, 1.54) is 19.5 Å². The van der Waals surface area contributed by atoms with Crippen LogP contribution in [0, 0.1) is 0 Å². The molecule has 0 bridgehead atoms. The maximum atomic E-state index is 12.2. The average Bonchev–Trinajstić information content (AvgIpc) is 3.24. The minimum absolute atomic E-state index is 0.0147. The van der Waals surface area contributed by atoms with Crippen LogP contribution in [-0.2, 0) is 0 Å². The summed E-state index contributed by atoms with van der Waals surface area (Å²) in [5.41, 5.74) is 2.65. The molecule has 138 valence electrons. The fourth-order valence-corrected chi connectivity index (χ4v) is 2.79. The molecule has 4 rings (SSSR count). The van der Waals surface area contributed by atoms with Gasteiger partial charge in [-0.2, -0.15) is 0 Å². The molecule has 0 radical (unpaired) electrons. The number of aromatic nitrogens is 2. The number of hydrogen-bond acceptors (Lipinski definition) is 6. The first-order chi connectivity index (χ1) is 13.6. The number of fused-ring (bicyclic) bond motifs is 1. The molecule has 0 saturated heterocycles. The Kier molecular flexibility index (Phi) is 4.55. The molecule has 0 fully saturated rings. The van der Waals surface area contributed by atoms with Gasteiger partial charge in [-0.3, -0.25) is 9.59 Å². The van der Waals surface area contributed by atoms with Crippen LogP contribution in [0.5, 0.6) is 0 Å². The number of furan rings is 1. The summed E-state index contributed by atoms with van der Waals surface area (Å²) in [6.07, 6.45) is 2.90. The van der Waals surface area contributed by atoms with Gasteiger partial charge in [-0.25, -0.2) is 9.97 Å². The summed E-state index contributed by atoms with van der Waals surface area (Å²) in [6.45, 7) is 1.52. The maximum absolute atomic E-state index is 12.2. The van der Waals surface area contributed by atoms with Gasteiger partial charge >= 0.3 is 0 Å². The highest BCUT2D eigenvalue weighted by Gasteiger charge is 2.11. The van der Waals surface area contributed by atoms with Gasteiger partial charge in [-0.15, -0.1) is 0 Å². The molecule has 1 amide bonds. The molecule has 0 aliphatic rings. The zero-order valence-electron chi connectivity index (χ0n) is 15.0. The van der Waals surface area contributed by atoms with Gasteiger partial charge in [0.2, 0.25) is 0 Å². The smallest absolute Gasteiger partial charge is 0.291 e. The summed E-state index contributed by atoms with van der Waals surface area (Å²) in [5.74, 6) is 0.438. The summed E-state index contributed by atoms with van der Waals surface area (Å²) < 4.78 is 5.11. The summed E-state index contributed by atoms with van der Waals surface area (Å²) in [5, 5.41) is 6.74. The van der Waals surface area contributed by atoms with Crippen LogP contribution in [0.1, 0.15) is 27.8 Å². The molecule has 0 unspecified atom stereocenters. The highest BCUT2D eigenvalue weighted by Crippen LogP contribution is 2.26. The molecule has 7 nitrogen and oxygen atoms in total. The van der Waals surface area contributed by atoms with E-state index >= 15 is 0 Å². The molecule has 0 aliphatic heterocycles. The van der Waals surface area contributed by atoms with Crippen molar-refractivity contribution in [2.24, 2.45) is 0 Å². The Morgan fingerprint density at radius 3 is 2.64 bits per heavy atom. The highest BCUT2D eigenvalue weighted by atomic mass is 16.3. The van der Waals surface area contributed by atoms with Crippen molar-refractivity contribution in [1.29, 1.82) is 0 Å². The van der Waals surface area contributed by atoms with Crippen LogP contribution in [0.4, 0.5) is 17.2 Å². The Labute approximate surface area is 160 Å². The number of ketones is 1. The number of carbonyl (C=O) groups is 2. The van der Waals surface area contributed by atoms with E-state index in [0.29, 0.717) is 17.1 Å². The van der Waals surface area contributed by atoms with E-state index in [9.17, 15) is 9.59 Å². The van der Waals surface area contributed by atoms with E-state index < -0.39 is 0 Å². The van der Waals surface area contributed by atoms with Crippen molar-refractivity contribution in [1.82, 2.24) is 9.97 Å². The Balaban J connectivity index is 1.66. The van der Waals surface area contributed by atoms with Crippen LogP contribution >= 0.6 is 0 Å². The Hall–Kier alpha value is -4.00. The average molecular weight is 372 g/mol. The normalized spacial score (nSPS) is 10.6. The topological polar surface area (TPSA) is 97.1 Å². The molecule has 7 heteroatoms. The maximum Gasteiger partial charge on any atom is 0.291 e. The third-order valence-corrected chi connectivity index (χ3v) is 4.17. The predicted octanol–water partition coefficient (Wildman–Crippen LogP) is 4.42. The van der Waals surface area contributed by atoms with E-state index in [0.717, 1.165) is 16.6 Å². The molecule has 4 aromatic rings. The SMILES string of the molecule is CC(=O)c1cccc(Nc2ncnc3ccc(NC(=O)c4ccco4)cc23)c1. The van der Waals surface area contributed by atoms with Crippen LogP contribution < -0.4 is 10.6 Å². The zero-order valence-corrected chi connectivity index (χ0v) is 15.0. The lowest BCUT2D eigenvalue weighted by molar-refractivity contribution is 0.0993. The number of benzene rings is 2. The van der Waals surface area contributed by atoms with Crippen molar-refractivity contribution >= 4 is 39.8 Å². The fourth-order valence-electron chi connectivity index (χ4n) is 2.79. The molecule has 28 heavy (non-hydrogen) atoms. The highest BCUT2D eigenvalue weighted by molar-refractivity contribution is 6.04. The van der Waals surface area contributed by atoms with Crippen LogP contribution in [-0.4, -0.2) is 21.7 Å². The minimum Gasteiger partial charge on any atom is -0.459 e. The Morgan fingerprint density at radius 2 is 1.86 bits per heavy atom. The van der Waals surface area contributed by atoms with Crippen molar-refractivity contribution < 1.29 is 14.0 Å². The van der Waals surface area contributed by atoms with Crippen molar-refractivity contribution in [3.8, 4) is 0 Å². The van der Waals surface area contributed by atoms with Gasteiger partial charge in [0.1, 0.15) is 12.1 Å². The van der Waals surface area contributed by atoms with Gasteiger partial charge in [0, 0.05) is 22.3 Å². The summed E-state index contributed by atoms with van der Waals surface area (Å²) in [4.78, 5) is 32.4. The first kappa shape index (κ1) is 17.4. The number of anilines is 3. The zero-order chi connectivity index (χ0) is 19.5. The lowest BCUT2D eigenvalue weighted by Gasteiger charge is -2.11. The molecule has 2 aromatic heterocycles. The van der Waals surface area contributed by atoms with Gasteiger partial charge in [0.25, 0.3) is 5.91 Å². The van der Waals surface area contributed by atoms with Gasteiger partial charge in [-0.05, 0) is 49.4 Å². The minimum atomic E-state index is -0.343. The van der Waals surface area contributed by atoms with Crippen LogP contribution in [0.15, 0.2) is 71.6 Å². The van der Waals surface area contributed by atoms with Gasteiger partial charge in [0.05, 0.1) is 11.8 Å². The Morgan fingerprint density at radius 1 is 0.964 bits per heavy atom. The van der Waals surface area contributed by atoms with E-state index in [-0.39, 0.29) is 17.5 Å². The predicted molar refractivity (Wildman–Crippen MR) is 106 cm³/mol. The van der Waals surface area contributed by atoms with Crippen LogP contribution in [0.3, 0.4) is 0 Å². The lowest BCUT2D eigenvalue weighted by atomic mass is 10.1. The second-order valence-electron chi connectivity index (χ2n) is 6.15. The first-order valence-corrected chi connectivity index (χ1v) is 8.58. The van der Waals surface area contributed by atoms with E-state index in [4.69, 9.17) is 4.42 Å². The largest absolute Gasteiger partial charge is 0.459 e. The summed E-state index contributed by atoms with van der Waals surface area (Å²) in [7, 11) is 0. The monoisotopic (exact) mass is 372 g/mol. The molecule has 2 N–H and O–H groups in total. The summed E-state index contributed by atoms with van der Waals surface area (Å²) >= 11 is 0. The van der Waals surface area contributed by atoms with Crippen LogP contribution in [0.25, 0.3) is 10.9 Å². The fraction of sp³-hybridized carbons (Fsp3) is 0.0476. The number of nitrogens with zero attached hydrogens (tertiary/aromatic N) is 2. The number of hydrogen-bond donors (Lipinski definition) is 2. The third kappa shape index (κ3) is 3.59. The van der Waals surface area contributed by atoms with Crippen molar-refractivity contribution in [3.63, 3.8) is 0 Å². The Bertz CT molecular complexity index is 1170. The number of carbonyl (C=O) groups excluding carboxylic acids is 2. The van der Waals surface area contributed by atoms with Gasteiger partial charge in [-0.1, -0.05) is 12.1 Å². The third-order valence-electron chi connectivity index (χ3n) is 4.17. The summed E-state index contributed by atoms with van der Waals surface area (Å²) in [6, 6.07) is 15.8. The number of rotatable bonds is 5. The van der Waals surface area contributed by atoms with Crippen molar-refractivity contribution in [2.75, 3.05) is 10.6 Å². The van der Waals surface area contributed by atoms with E-state index in [1.807, 2.05) is 6.07 Å². The molecule has 0 aliphatic carbocycles. The molecule has 0 atom stereocenters. The quantitative estimate of drug-likeness (QED) is 0.503. The molecule has 2 heterocycles. The standard InChI is InChI=1S/C21H16N4O3/c1-13(26)14-4-2-5-15(10-14)24-20-17-11-16(7-8-18(17)22-12-23-20)25-21(27)19-6-3-9-28-19/h2-12H,1H3,(H,25,27)(H,22,23,24). The second-order valence-corrected chi connectivity index (χ2v) is 6.15. The lowest BCUT2D eigenvalue weighted by Crippen LogP contribution is -2.10. The first-order valence-electron chi connectivity index (χ1n) is 8.58. The molecular weight excluding hydrogens is 356 g/mol. The second kappa shape index (κ2) is 7.32. The number of nitrogens with one attached hydrogen (secondary N) is 2. The van der Waals surface area contributed by atoms with Crippen molar-refractivity contribution in [2.45, 2.75) is 6.92 Å². The molecule has 0 spiro atoms. The van der Waals surface area contributed by atoms with E-state index in [2.05, 4.69) is 20.6 Å². The van der Waals surface area contributed by atoms with Gasteiger partial charge < -0.3 is 15.1 Å². The van der Waals surface area contributed by atoms with Gasteiger partial charge in [0.15, 0.2) is 11.5 Å².